The number of aryl methyl sites for hydroxylation is 2. The smallest absolute Gasteiger partial charge is 0.327 e. The standard InChI is InChI=1S/C19H26O8P2/c1-14-3-7-16(8-4-14)18(27-17-9-5-15(2)6-10-17)19(11-20,12-25-28(21)22)13-26-29(23)24/h3-10,18,20-24H,11-13H2,1-2H3. The summed E-state index contributed by atoms with van der Waals surface area (Å²) in [6.45, 7) is 2.63. The lowest BCUT2D eigenvalue weighted by atomic mass is 9.80. The molecule has 1 unspecified atom stereocenters. The van der Waals surface area contributed by atoms with E-state index in [0.29, 0.717) is 11.3 Å². The number of benzene rings is 2. The summed E-state index contributed by atoms with van der Waals surface area (Å²) in [7, 11) is -5.40. The lowest BCUT2D eigenvalue weighted by molar-refractivity contribution is -0.0654. The molecule has 1 atom stereocenters. The van der Waals surface area contributed by atoms with Crippen molar-refractivity contribution in [3.8, 4) is 5.75 Å². The molecule has 2 aromatic rings. The van der Waals surface area contributed by atoms with Crippen LogP contribution >= 0.6 is 17.2 Å². The van der Waals surface area contributed by atoms with E-state index in [2.05, 4.69) is 0 Å². The zero-order valence-electron chi connectivity index (χ0n) is 16.2. The van der Waals surface area contributed by atoms with E-state index in [9.17, 15) is 24.7 Å². The maximum Gasteiger partial charge on any atom is 0.327 e. The highest BCUT2D eigenvalue weighted by Gasteiger charge is 2.44. The zero-order chi connectivity index (χ0) is 21.4. The van der Waals surface area contributed by atoms with Crippen molar-refractivity contribution < 1.29 is 38.5 Å². The molecule has 160 valence electrons. The van der Waals surface area contributed by atoms with Crippen molar-refractivity contribution in [2.24, 2.45) is 5.41 Å². The Kier molecular flexibility index (Phi) is 9.37. The number of rotatable bonds is 11. The van der Waals surface area contributed by atoms with Gasteiger partial charge in [0.15, 0.2) is 0 Å². The molecule has 10 heteroatoms. The summed E-state index contributed by atoms with van der Waals surface area (Å²) < 4.78 is 16.2. The average Bonchev–Trinajstić information content (AvgIpc) is 2.69. The molecule has 5 N–H and O–H groups in total. The fourth-order valence-corrected chi connectivity index (χ4v) is 3.53. The lowest BCUT2D eigenvalue weighted by Crippen LogP contribution is -2.43. The number of ether oxygens (including phenoxy) is 1. The Labute approximate surface area is 172 Å². The summed E-state index contributed by atoms with van der Waals surface area (Å²) in [6.07, 6.45) is -0.847. The van der Waals surface area contributed by atoms with Crippen molar-refractivity contribution in [3.05, 3.63) is 65.2 Å². The van der Waals surface area contributed by atoms with Crippen LogP contribution in [0.5, 0.6) is 5.75 Å². The van der Waals surface area contributed by atoms with Crippen molar-refractivity contribution >= 4 is 17.2 Å². The number of aliphatic hydroxyl groups is 1. The summed E-state index contributed by atoms with van der Waals surface area (Å²) in [5, 5.41) is 10.3. The van der Waals surface area contributed by atoms with Gasteiger partial charge < -0.3 is 38.5 Å². The van der Waals surface area contributed by atoms with E-state index >= 15 is 0 Å². The van der Waals surface area contributed by atoms with Gasteiger partial charge in [-0.05, 0) is 31.5 Å². The molecule has 8 nitrogen and oxygen atoms in total. The van der Waals surface area contributed by atoms with Crippen LogP contribution in [-0.2, 0) is 9.05 Å². The molecule has 0 saturated carbocycles. The van der Waals surface area contributed by atoms with E-state index in [1.54, 1.807) is 12.1 Å². The maximum atomic E-state index is 10.3. The van der Waals surface area contributed by atoms with Gasteiger partial charge in [-0.1, -0.05) is 47.5 Å². The number of aliphatic hydroxyl groups excluding tert-OH is 1. The van der Waals surface area contributed by atoms with E-state index in [4.69, 9.17) is 13.8 Å². The van der Waals surface area contributed by atoms with Crippen molar-refractivity contribution in [2.75, 3.05) is 19.8 Å². The van der Waals surface area contributed by atoms with Gasteiger partial charge in [0.25, 0.3) is 0 Å². The third-order valence-electron chi connectivity index (χ3n) is 4.46. The Balaban J connectivity index is 2.47. The first-order chi connectivity index (χ1) is 13.8. The van der Waals surface area contributed by atoms with Gasteiger partial charge in [0.2, 0.25) is 0 Å². The van der Waals surface area contributed by atoms with Gasteiger partial charge in [-0.2, -0.15) is 0 Å². The molecule has 0 amide bonds. The molecule has 29 heavy (non-hydrogen) atoms. The summed E-state index contributed by atoms with van der Waals surface area (Å²) in [4.78, 5) is 37.0. The molecule has 0 aromatic heterocycles. The first kappa shape index (κ1) is 24.1. The molecule has 0 aliphatic carbocycles. The molecule has 0 spiro atoms. The second-order valence-electron chi connectivity index (χ2n) is 6.79. The second-order valence-corrected chi connectivity index (χ2v) is 8.32. The fourth-order valence-electron chi connectivity index (χ4n) is 2.78. The molecule has 0 saturated heterocycles. The molecule has 0 heterocycles. The topological polar surface area (TPSA) is 129 Å². The number of hydrogen-bond donors (Lipinski definition) is 5. The predicted octanol–water partition coefficient (Wildman–Crippen LogP) is 2.86. The Morgan fingerprint density at radius 2 is 1.24 bits per heavy atom. The monoisotopic (exact) mass is 444 g/mol. The molecular weight excluding hydrogens is 418 g/mol. The summed E-state index contributed by atoms with van der Waals surface area (Å²) >= 11 is 0. The van der Waals surface area contributed by atoms with Crippen LogP contribution in [0.2, 0.25) is 0 Å². The Morgan fingerprint density at radius 3 is 1.66 bits per heavy atom. The summed E-state index contributed by atoms with van der Waals surface area (Å²) in [5.41, 5.74) is 1.39. The number of hydrogen-bond acceptors (Lipinski definition) is 8. The van der Waals surface area contributed by atoms with E-state index < -0.39 is 35.3 Å². The van der Waals surface area contributed by atoms with Gasteiger partial charge in [-0.25, -0.2) is 0 Å². The third kappa shape index (κ3) is 7.23. The van der Waals surface area contributed by atoms with Crippen LogP contribution in [0.4, 0.5) is 0 Å². The highest BCUT2D eigenvalue weighted by Crippen LogP contribution is 2.43. The Morgan fingerprint density at radius 1 is 0.793 bits per heavy atom. The summed E-state index contributed by atoms with van der Waals surface area (Å²) in [5.74, 6) is 0.518. The van der Waals surface area contributed by atoms with Crippen LogP contribution < -0.4 is 4.74 Å². The molecule has 0 radical (unpaired) electrons. The Bertz CT molecular complexity index is 725. The van der Waals surface area contributed by atoms with Gasteiger partial charge in [-0.15, -0.1) is 0 Å². The van der Waals surface area contributed by atoms with Crippen LogP contribution in [0.1, 0.15) is 22.8 Å². The van der Waals surface area contributed by atoms with Crippen LogP contribution in [-0.4, -0.2) is 44.5 Å². The molecule has 0 fully saturated rings. The molecule has 0 aliphatic heterocycles. The fraction of sp³-hybridized carbons (Fsp3) is 0.368. The largest absolute Gasteiger partial charge is 0.485 e. The van der Waals surface area contributed by atoms with E-state index in [-0.39, 0.29) is 13.2 Å². The van der Waals surface area contributed by atoms with Crippen LogP contribution in [0.15, 0.2) is 48.5 Å². The molecule has 0 bridgehead atoms. The first-order valence-corrected chi connectivity index (χ1v) is 11.1. The second kappa shape index (κ2) is 11.3. The van der Waals surface area contributed by atoms with Crippen LogP contribution in [0.3, 0.4) is 0 Å². The normalized spacial score (nSPS) is 13.1. The minimum Gasteiger partial charge on any atom is -0.485 e. The lowest BCUT2D eigenvalue weighted by Gasteiger charge is -2.39. The third-order valence-corrected chi connectivity index (χ3v) is 5.18. The van der Waals surface area contributed by atoms with Crippen LogP contribution in [0, 0.1) is 19.3 Å². The molecular formula is C19H26O8P2. The quantitative estimate of drug-likeness (QED) is 0.335. The van der Waals surface area contributed by atoms with Crippen molar-refractivity contribution in [3.63, 3.8) is 0 Å². The van der Waals surface area contributed by atoms with E-state index in [1.165, 1.54) is 0 Å². The van der Waals surface area contributed by atoms with Gasteiger partial charge in [0, 0.05) is 0 Å². The minimum absolute atomic E-state index is 0.351. The SMILES string of the molecule is Cc1ccc(OC(c2ccc(C)cc2)C(CO)(COP(O)O)COP(O)O)cc1. The molecule has 2 aromatic carbocycles. The highest BCUT2D eigenvalue weighted by molar-refractivity contribution is 7.39. The minimum atomic E-state index is -2.70. The van der Waals surface area contributed by atoms with Gasteiger partial charge in [0.1, 0.15) is 11.9 Å². The van der Waals surface area contributed by atoms with Crippen molar-refractivity contribution in [2.45, 2.75) is 20.0 Å². The van der Waals surface area contributed by atoms with Gasteiger partial charge >= 0.3 is 17.2 Å². The molecule has 2 rings (SSSR count). The zero-order valence-corrected chi connectivity index (χ0v) is 18.0. The highest BCUT2D eigenvalue weighted by atomic mass is 31.2. The summed E-state index contributed by atoms with van der Waals surface area (Å²) in [6, 6.07) is 14.7. The Hall–Kier alpha value is -1.18. The van der Waals surface area contributed by atoms with Gasteiger partial charge in [-0.3, -0.25) is 0 Å². The van der Waals surface area contributed by atoms with E-state index in [0.717, 1.165) is 11.1 Å². The van der Waals surface area contributed by atoms with Gasteiger partial charge in [0.05, 0.1) is 25.2 Å². The molecule has 0 aliphatic rings. The maximum absolute atomic E-state index is 10.3. The van der Waals surface area contributed by atoms with E-state index in [1.807, 2.05) is 50.2 Å². The van der Waals surface area contributed by atoms with Crippen LogP contribution in [0.25, 0.3) is 0 Å². The van der Waals surface area contributed by atoms with Crippen molar-refractivity contribution in [1.29, 1.82) is 0 Å². The first-order valence-electron chi connectivity index (χ1n) is 8.78. The van der Waals surface area contributed by atoms with Crippen molar-refractivity contribution in [1.82, 2.24) is 0 Å². The predicted molar refractivity (Wildman–Crippen MR) is 110 cm³/mol. The average molecular weight is 444 g/mol.